The largest absolute Gasteiger partial charge is 0.491 e. The van der Waals surface area contributed by atoms with Crippen LogP contribution in [0, 0.1) is 0 Å². The van der Waals surface area contributed by atoms with Gasteiger partial charge in [0.05, 0.1) is 13.2 Å². The summed E-state index contributed by atoms with van der Waals surface area (Å²) >= 11 is 0. The fourth-order valence-electron chi connectivity index (χ4n) is 3.45. The monoisotopic (exact) mass is 516 g/mol. The second-order valence-corrected chi connectivity index (χ2v) is 9.72. The molecule has 2 fully saturated rings. The number of aliphatic carboxylic acids is 1. The van der Waals surface area contributed by atoms with Gasteiger partial charge in [0, 0.05) is 12.3 Å². The molecule has 2 atom stereocenters. The number of ether oxygens (including phenoxy) is 4. The summed E-state index contributed by atoms with van der Waals surface area (Å²) in [6.45, 7) is 10.1. The third kappa shape index (κ3) is 12.9. The van der Waals surface area contributed by atoms with Crippen LogP contribution >= 0.6 is 0 Å². The lowest BCUT2D eigenvalue weighted by atomic mass is 9.78. The van der Waals surface area contributed by atoms with E-state index in [-0.39, 0.29) is 17.6 Å². The van der Waals surface area contributed by atoms with Crippen LogP contribution < -0.4 is 20.9 Å². The highest BCUT2D eigenvalue weighted by Gasteiger charge is 2.25. The number of nitrogens with two attached hydrogens (primary N) is 2. The van der Waals surface area contributed by atoms with Gasteiger partial charge in [0.25, 0.3) is 5.97 Å². The second-order valence-electron chi connectivity index (χ2n) is 9.72. The molecule has 8 heteroatoms. The molecule has 8 nitrogen and oxygen atoms in total. The molecular weight excluding hydrogens is 472 g/mol. The van der Waals surface area contributed by atoms with Crippen LogP contribution in [0.15, 0.2) is 48.5 Å². The van der Waals surface area contributed by atoms with E-state index in [1.807, 2.05) is 24.3 Å². The molecule has 5 N–H and O–H groups in total. The van der Waals surface area contributed by atoms with Crippen LogP contribution in [-0.2, 0) is 19.7 Å². The molecule has 0 aromatic heterocycles. The Kier molecular flexibility index (Phi) is 13.4. The van der Waals surface area contributed by atoms with Gasteiger partial charge in [0.2, 0.25) is 0 Å². The van der Waals surface area contributed by atoms with Gasteiger partial charge in [-0.1, -0.05) is 51.0 Å². The molecule has 0 saturated carbocycles. The van der Waals surface area contributed by atoms with E-state index in [1.54, 1.807) is 0 Å². The van der Waals surface area contributed by atoms with Gasteiger partial charge in [-0.25, -0.2) is 0 Å². The van der Waals surface area contributed by atoms with Crippen molar-refractivity contribution in [2.45, 2.75) is 64.1 Å². The van der Waals surface area contributed by atoms with Crippen molar-refractivity contribution < 1.29 is 28.8 Å². The molecule has 37 heavy (non-hydrogen) atoms. The summed E-state index contributed by atoms with van der Waals surface area (Å²) in [5.74, 6) is 0.946. The first kappa shape index (κ1) is 30.6. The molecule has 0 bridgehead atoms. The molecule has 2 unspecified atom stereocenters. The Bertz CT molecular complexity index is 822. The Morgan fingerprint density at radius 3 is 1.41 bits per heavy atom. The van der Waals surface area contributed by atoms with E-state index < -0.39 is 5.97 Å². The molecular formula is C29H44N2O6. The predicted octanol–water partition coefficient (Wildman–Crippen LogP) is 4.12. The molecule has 4 rings (SSSR count). The normalized spacial score (nSPS) is 17.4. The minimum Gasteiger partial charge on any atom is -0.491 e. The minimum absolute atomic E-state index is 0.0870. The van der Waals surface area contributed by atoms with Crippen molar-refractivity contribution in [2.24, 2.45) is 11.5 Å². The maximum absolute atomic E-state index is 9.00. The summed E-state index contributed by atoms with van der Waals surface area (Å²) in [6, 6.07) is 16.7. The van der Waals surface area contributed by atoms with E-state index in [4.69, 9.17) is 40.3 Å². The quantitative estimate of drug-likeness (QED) is 0.267. The summed E-state index contributed by atoms with van der Waals surface area (Å²) in [5, 5.41) is 7.42. The summed E-state index contributed by atoms with van der Waals surface area (Å²) in [7, 11) is 0. The maximum atomic E-state index is 9.00. The van der Waals surface area contributed by atoms with Gasteiger partial charge in [-0.15, -0.1) is 0 Å². The smallest absolute Gasteiger partial charge is 0.300 e. The molecule has 0 spiro atoms. The van der Waals surface area contributed by atoms with Crippen molar-refractivity contribution in [3.8, 4) is 11.5 Å². The van der Waals surface area contributed by atoms with Gasteiger partial charge in [0.1, 0.15) is 36.9 Å². The van der Waals surface area contributed by atoms with Crippen molar-refractivity contribution >= 4 is 5.97 Å². The first-order chi connectivity index (χ1) is 17.8. The number of epoxide rings is 2. The van der Waals surface area contributed by atoms with E-state index in [9.17, 15) is 0 Å². The van der Waals surface area contributed by atoms with Crippen LogP contribution in [-0.4, -0.2) is 62.8 Å². The zero-order valence-corrected chi connectivity index (χ0v) is 22.5. The molecule has 206 valence electrons. The van der Waals surface area contributed by atoms with Crippen LogP contribution in [0.25, 0.3) is 0 Å². The zero-order valence-electron chi connectivity index (χ0n) is 22.5. The summed E-state index contributed by atoms with van der Waals surface area (Å²) in [5.41, 5.74) is 13.0. The number of benzene rings is 2. The van der Waals surface area contributed by atoms with Crippen LogP contribution in [0.1, 0.15) is 57.6 Å². The van der Waals surface area contributed by atoms with E-state index >= 15 is 0 Å². The zero-order chi connectivity index (χ0) is 27.1. The fraction of sp³-hybridized carbons (Fsp3) is 0.552. The Balaban J connectivity index is 0.000000338. The molecule has 2 saturated heterocycles. The topological polar surface area (TPSA) is 133 Å². The van der Waals surface area contributed by atoms with Crippen LogP contribution in [0.3, 0.4) is 0 Å². The molecule has 0 amide bonds. The minimum atomic E-state index is -0.833. The van der Waals surface area contributed by atoms with Gasteiger partial charge >= 0.3 is 0 Å². The Labute approximate surface area is 221 Å². The summed E-state index contributed by atoms with van der Waals surface area (Å²) in [4.78, 5) is 9.00. The molecule has 2 aliphatic rings. The summed E-state index contributed by atoms with van der Waals surface area (Å²) in [6.07, 6.45) is 5.35. The first-order valence-electron chi connectivity index (χ1n) is 13.1. The molecule has 0 aliphatic carbocycles. The van der Waals surface area contributed by atoms with Crippen molar-refractivity contribution in [2.75, 3.05) is 39.5 Å². The highest BCUT2D eigenvalue weighted by Crippen LogP contribution is 2.33. The molecule has 0 radical (unpaired) electrons. The Morgan fingerprint density at radius 2 is 1.14 bits per heavy atom. The van der Waals surface area contributed by atoms with Crippen molar-refractivity contribution in [3.05, 3.63) is 59.7 Å². The molecule has 2 aliphatic heterocycles. The van der Waals surface area contributed by atoms with Crippen LogP contribution in [0.5, 0.6) is 11.5 Å². The average Bonchev–Trinajstić information content (AvgIpc) is 3.80. The predicted molar refractivity (Wildman–Crippen MR) is 145 cm³/mol. The summed E-state index contributed by atoms with van der Waals surface area (Å²) < 4.78 is 21.8. The van der Waals surface area contributed by atoms with Gasteiger partial charge in [-0.05, 0) is 61.3 Å². The lowest BCUT2D eigenvalue weighted by Crippen LogP contribution is -2.18. The van der Waals surface area contributed by atoms with E-state index in [0.29, 0.717) is 13.2 Å². The number of carboxylic acid groups (broad SMARTS) is 1. The average molecular weight is 517 g/mol. The third-order valence-corrected chi connectivity index (χ3v) is 5.99. The number of hydrogen-bond acceptors (Lipinski definition) is 7. The molecule has 2 heterocycles. The van der Waals surface area contributed by atoms with E-state index in [0.717, 1.165) is 57.6 Å². The van der Waals surface area contributed by atoms with Gasteiger partial charge < -0.3 is 35.5 Å². The Hall–Kier alpha value is -2.65. The lowest BCUT2D eigenvalue weighted by Gasteiger charge is -2.26. The van der Waals surface area contributed by atoms with Crippen molar-refractivity contribution in [1.82, 2.24) is 0 Å². The van der Waals surface area contributed by atoms with Gasteiger partial charge in [-0.3, -0.25) is 4.79 Å². The lowest BCUT2D eigenvalue weighted by molar-refractivity contribution is -0.134. The number of rotatable bonds is 13. The number of hydrogen-bond donors (Lipinski definition) is 3. The van der Waals surface area contributed by atoms with Gasteiger partial charge in [0.15, 0.2) is 0 Å². The van der Waals surface area contributed by atoms with Gasteiger partial charge in [-0.2, -0.15) is 0 Å². The van der Waals surface area contributed by atoms with Crippen molar-refractivity contribution in [1.29, 1.82) is 0 Å². The molecule has 2 aromatic carbocycles. The number of carboxylic acids is 1. The van der Waals surface area contributed by atoms with Crippen molar-refractivity contribution in [3.63, 3.8) is 0 Å². The van der Waals surface area contributed by atoms with Crippen LogP contribution in [0.4, 0.5) is 0 Å². The maximum Gasteiger partial charge on any atom is 0.300 e. The van der Waals surface area contributed by atoms with E-state index in [2.05, 4.69) is 38.1 Å². The third-order valence-electron chi connectivity index (χ3n) is 5.99. The number of unbranched alkanes of at least 4 members (excludes halogenated alkanes) is 3. The Morgan fingerprint density at radius 1 is 0.811 bits per heavy atom. The fourth-order valence-corrected chi connectivity index (χ4v) is 3.45. The SMILES string of the molecule is CC(=O)O.CC(C)(c1ccc(OCC2CO2)cc1)c1ccc(OCC2CO2)cc1.NCCCCCCN. The standard InChI is InChI=1S/C21H24O4.C6H16N2.C2H4O2/c1-21(2,15-3-7-17(8-4-15)22-11-19-13-24-19)16-5-9-18(10-6-16)23-12-20-14-25-20;7-5-3-1-2-4-6-8;1-2(3)4/h3-10,19-20H,11-14H2,1-2H3;1-8H2;1H3,(H,3,4). The van der Waals surface area contributed by atoms with E-state index in [1.165, 1.54) is 24.0 Å². The highest BCUT2D eigenvalue weighted by atomic mass is 16.6. The second kappa shape index (κ2) is 16.2. The van der Waals surface area contributed by atoms with Crippen LogP contribution in [0.2, 0.25) is 0 Å². The highest BCUT2D eigenvalue weighted by molar-refractivity contribution is 5.62. The first-order valence-corrected chi connectivity index (χ1v) is 13.1. The molecule has 2 aromatic rings. The number of carbonyl (C=O) groups is 1.